The number of H-pyrrole nitrogens is 1. The van der Waals surface area contributed by atoms with Gasteiger partial charge >= 0.3 is 5.97 Å². The first kappa shape index (κ1) is 22.3. The number of nitrogens with zero attached hydrogens (tertiary/aromatic N) is 2. The molecule has 0 aliphatic heterocycles. The van der Waals surface area contributed by atoms with Gasteiger partial charge in [-0.1, -0.05) is 26.0 Å². The minimum Gasteiger partial charge on any atom is -0.479 e. The largest absolute Gasteiger partial charge is 0.479 e. The van der Waals surface area contributed by atoms with Crippen LogP contribution in [0.3, 0.4) is 0 Å². The van der Waals surface area contributed by atoms with Crippen molar-refractivity contribution in [2.45, 2.75) is 57.8 Å². The summed E-state index contributed by atoms with van der Waals surface area (Å²) in [5, 5.41) is 19.0. The van der Waals surface area contributed by atoms with Crippen LogP contribution < -0.4 is 4.74 Å². The Bertz CT molecular complexity index is 1360. The lowest BCUT2D eigenvalue weighted by molar-refractivity contribution is -0.160. The van der Waals surface area contributed by atoms with Gasteiger partial charge in [-0.15, -0.1) is 0 Å². The van der Waals surface area contributed by atoms with Crippen molar-refractivity contribution in [3.05, 3.63) is 54.1 Å². The Morgan fingerprint density at radius 1 is 1.12 bits per heavy atom. The summed E-state index contributed by atoms with van der Waals surface area (Å²) in [7, 11) is 0. The maximum atomic E-state index is 13.7. The van der Waals surface area contributed by atoms with Gasteiger partial charge in [-0.2, -0.15) is 5.10 Å². The second kappa shape index (κ2) is 8.68. The van der Waals surface area contributed by atoms with Gasteiger partial charge in [0.15, 0.2) is 6.10 Å². The summed E-state index contributed by atoms with van der Waals surface area (Å²) in [5.74, 6) is -0.640. The number of aliphatic carboxylic acids is 1. The maximum absolute atomic E-state index is 13.7. The highest BCUT2D eigenvalue weighted by atomic mass is 19.1. The monoisotopic (exact) mass is 463 g/mol. The predicted molar refractivity (Wildman–Crippen MR) is 126 cm³/mol. The fourth-order valence-electron chi connectivity index (χ4n) is 4.40. The number of fused-ring (bicyclic) bond motifs is 2. The fourth-order valence-corrected chi connectivity index (χ4v) is 4.40. The van der Waals surface area contributed by atoms with Crippen molar-refractivity contribution in [1.82, 2.24) is 15.2 Å². The molecule has 2 aromatic heterocycles. The Morgan fingerprint density at radius 3 is 2.53 bits per heavy atom. The number of halogens is 1. The van der Waals surface area contributed by atoms with E-state index in [-0.39, 0.29) is 23.9 Å². The number of benzene rings is 2. The molecule has 4 aromatic rings. The van der Waals surface area contributed by atoms with Gasteiger partial charge in [0, 0.05) is 29.2 Å². The van der Waals surface area contributed by atoms with Crippen LogP contribution in [0.4, 0.5) is 4.39 Å². The van der Waals surface area contributed by atoms with Crippen molar-refractivity contribution in [3.8, 4) is 17.0 Å². The van der Waals surface area contributed by atoms with Crippen molar-refractivity contribution < 1.29 is 23.8 Å². The summed E-state index contributed by atoms with van der Waals surface area (Å²) in [6.45, 7) is 5.67. The van der Waals surface area contributed by atoms with Crippen LogP contribution in [0.15, 0.2) is 42.6 Å². The second-order valence-electron chi connectivity index (χ2n) is 9.14. The lowest BCUT2D eigenvalue weighted by Crippen LogP contribution is -2.42. The van der Waals surface area contributed by atoms with Gasteiger partial charge in [0.05, 0.1) is 23.5 Å². The van der Waals surface area contributed by atoms with Crippen LogP contribution in [0.1, 0.15) is 45.2 Å². The zero-order valence-corrected chi connectivity index (χ0v) is 19.2. The van der Waals surface area contributed by atoms with Gasteiger partial charge in [-0.05, 0) is 48.1 Å². The van der Waals surface area contributed by atoms with Crippen LogP contribution in [0.5, 0.6) is 5.88 Å². The summed E-state index contributed by atoms with van der Waals surface area (Å²) >= 11 is 0. The Morgan fingerprint density at radius 2 is 1.85 bits per heavy atom. The molecule has 0 saturated heterocycles. The van der Waals surface area contributed by atoms with Gasteiger partial charge in [-0.3, -0.25) is 5.10 Å². The smallest absolute Gasteiger partial charge is 0.332 e. The van der Waals surface area contributed by atoms with Crippen LogP contribution in [-0.2, 0) is 9.53 Å². The number of rotatable bonds is 7. The number of hydrogen-bond acceptors (Lipinski definition) is 5. The molecule has 1 saturated carbocycles. The number of carboxylic acids is 1. The molecule has 8 heteroatoms. The number of ether oxygens (including phenoxy) is 2. The highest BCUT2D eigenvalue weighted by Crippen LogP contribution is 2.41. The van der Waals surface area contributed by atoms with E-state index in [1.54, 1.807) is 18.3 Å². The molecule has 0 spiro atoms. The number of nitrogens with one attached hydrogen (secondary N) is 1. The fraction of sp³-hybridized carbons (Fsp3) is 0.346. The summed E-state index contributed by atoms with van der Waals surface area (Å²) in [6, 6.07) is 10.5. The molecule has 1 fully saturated rings. The first-order valence-electron chi connectivity index (χ1n) is 11.4. The zero-order chi connectivity index (χ0) is 24.0. The Kier molecular flexibility index (Phi) is 5.69. The van der Waals surface area contributed by atoms with E-state index >= 15 is 0 Å². The number of aromatic amines is 1. The molecule has 2 heterocycles. The molecule has 2 aromatic carbocycles. The van der Waals surface area contributed by atoms with Crippen LogP contribution in [0, 0.1) is 5.82 Å². The normalized spacial score (nSPS) is 18.9. The highest BCUT2D eigenvalue weighted by molar-refractivity contribution is 6.06. The van der Waals surface area contributed by atoms with Gasteiger partial charge in [0.2, 0.25) is 5.88 Å². The van der Waals surface area contributed by atoms with E-state index in [2.05, 4.69) is 30.1 Å². The number of carbonyl (C=O) groups is 1. The molecule has 7 nitrogen and oxygen atoms in total. The number of carboxylic acid groups (broad SMARTS) is 1. The molecule has 34 heavy (non-hydrogen) atoms. The SMILES string of the molecule is CC(O[C@H]1C[C@H](Oc2nc(C(C)C)c(-c3ccc(F)cc3)c3cc4cn[nH]c4cc23)C1)C(=O)O. The van der Waals surface area contributed by atoms with Crippen molar-refractivity contribution in [2.24, 2.45) is 0 Å². The van der Waals surface area contributed by atoms with Crippen molar-refractivity contribution in [2.75, 3.05) is 0 Å². The zero-order valence-electron chi connectivity index (χ0n) is 19.2. The molecule has 0 amide bonds. The molecule has 0 radical (unpaired) electrons. The summed E-state index contributed by atoms with van der Waals surface area (Å²) in [5.41, 5.74) is 3.57. The second-order valence-corrected chi connectivity index (χ2v) is 9.14. The Hall–Kier alpha value is -3.52. The lowest BCUT2D eigenvalue weighted by Gasteiger charge is -2.36. The average molecular weight is 464 g/mol. The molecule has 2 N–H and O–H groups in total. The molecular formula is C26H26FN3O4. The highest BCUT2D eigenvalue weighted by Gasteiger charge is 2.35. The van der Waals surface area contributed by atoms with E-state index in [4.69, 9.17) is 19.6 Å². The van der Waals surface area contributed by atoms with E-state index < -0.39 is 12.1 Å². The lowest BCUT2D eigenvalue weighted by atomic mass is 9.90. The van der Waals surface area contributed by atoms with E-state index in [9.17, 15) is 9.18 Å². The maximum Gasteiger partial charge on any atom is 0.332 e. The molecule has 176 valence electrons. The molecule has 1 unspecified atom stereocenters. The summed E-state index contributed by atoms with van der Waals surface area (Å²) in [6.07, 6.45) is 1.87. The molecule has 0 bridgehead atoms. The molecule has 5 rings (SSSR count). The molecule has 1 atom stereocenters. The summed E-state index contributed by atoms with van der Waals surface area (Å²) < 4.78 is 25.5. The Balaban J connectivity index is 1.57. The standard InChI is InChI=1S/C26H26FN3O4/c1-13(2)24-23(15-4-6-17(27)7-5-15)20-8-16-12-28-30-22(16)11-21(20)25(29-24)34-19-9-18(10-19)33-14(3)26(31)32/h4-8,11-14,18-19H,9-10H2,1-3H3,(H,28,30)(H,31,32)/t14?,18-,19-. The van der Waals surface area contributed by atoms with E-state index in [0.717, 1.165) is 38.5 Å². The number of hydrogen-bond donors (Lipinski definition) is 2. The summed E-state index contributed by atoms with van der Waals surface area (Å²) in [4.78, 5) is 16.0. The van der Waals surface area contributed by atoms with Gasteiger partial charge in [-0.25, -0.2) is 14.2 Å². The topological polar surface area (TPSA) is 97.3 Å². The van der Waals surface area contributed by atoms with Gasteiger partial charge in [0.1, 0.15) is 11.9 Å². The van der Waals surface area contributed by atoms with Gasteiger partial charge < -0.3 is 14.6 Å². The number of aromatic nitrogens is 3. The quantitative estimate of drug-likeness (QED) is 0.379. The van der Waals surface area contributed by atoms with Crippen LogP contribution >= 0.6 is 0 Å². The third kappa shape index (κ3) is 4.09. The van der Waals surface area contributed by atoms with Crippen molar-refractivity contribution in [3.63, 3.8) is 0 Å². The van der Waals surface area contributed by atoms with Gasteiger partial charge in [0.25, 0.3) is 0 Å². The minimum absolute atomic E-state index is 0.0979. The van der Waals surface area contributed by atoms with E-state index in [1.807, 2.05) is 6.07 Å². The molecular weight excluding hydrogens is 437 g/mol. The van der Waals surface area contributed by atoms with Crippen LogP contribution in [0.25, 0.3) is 32.8 Å². The predicted octanol–water partition coefficient (Wildman–Crippen LogP) is 5.44. The Labute approximate surface area is 195 Å². The third-order valence-electron chi connectivity index (χ3n) is 6.31. The van der Waals surface area contributed by atoms with E-state index in [0.29, 0.717) is 18.7 Å². The average Bonchev–Trinajstić information content (AvgIpc) is 3.24. The number of pyridine rings is 1. The van der Waals surface area contributed by atoms with E-state index in [1.165, 1.54) is 19.1 Å². The minimum atomic E-state index is -0.974. The first-order chi connectivity index (χ1) is 16.3. The first-order valence-corrected chi connectivity index (χ1v) is 11.4. The van der Waals surface area contributed by atoms with Crippen LogP contribution in [0.2, 0.25) is 0 Å². The van der Waals surface area contributed by atoms with Crippen molar-refractivity contribution in [1.29, 1.82) is 0 Å². The molecule has 1 aliphatic rings. The van der Waals surface area contributed by atoms with Crippen molar-refractivity contribution >= 4 is 27.6 Å². The molecule has 1 aliphatic carbocycles. The van der Waals surface area contributed by atoms with Crippen LogP contribution in [-0.4, -0.2) is 44.6 Å². The third-order valence-corrected chi connectivity index (χ3v) is 6.31.